The van der Waals surface area contributed by atoms with Crippen LogP contribution >= 0.6 is 22.9 Å². The van der Waals surface area contributed by atoms with Crippen molar-refractivity contribution in [2.75, 3.05) is 5.32 Å². The van der Waals surface area contributed by atoms with Gasteiger partial charge in [-0.25, -0.2) is 4.98 Å². The molecule has 0 radical (unpaired) electrons. The summed E-state index contributed by atoms with van der Waals surface area (Å²) in [6.07, 6.45) is 2.23. The van der Waals surface area contributed by atoms with E-state index in [1.54, 1.807) is 18.2 Å². The molecule has 0 saturated carbocycles. The quantitative estimate of drug-likeness (QED) is 0.642. The summed E-state index contributed by atoms with van der Waals surface area (Å²) in [6.45, 7) is 0.389. The third-order valence-electron chi connectivity index (χ3n) is 3.56. The topological polar surface area (TPSA) is 84.2 Å². The summed E-state index contributed by atoms with van der Waals surface area (Å²) in [5.74, 6) is -0.215. The van der Waals surface area contributed by atoms with Gasteiger partial charge in [-0.3, -0.25) is 14.9 Å². The van der Waals surface area contributed by atoms with Gasteiger partial charge in [-0.15, -0.1) is 11.3 Å². The van der Waals surface area contributed by atoms with Gasteiger partial charge >= 0.3 is 0 Å². The molecule has 0 aliphatic rings. The molecule has 0 aliphatic heterocycles. The molecule has 0 aliphatic carbocycles. The number of anilines is 1. The lowest BCUT2D eigenvalue weighted by atomic mass is 10.2. The first kappa shape index (κ1) is 18.2. The van der Waals surface area contributed by atoms with Crippen molar-refractivity contribution in [3.05, 3.63) is 70.1 Å². The monoisotopic (exact) mass is 389 g/mol. The van der Waals surface area contributed by atoms with Gasteiger partial charge in [-0.05, 0) is 30.2 Å². The van der Waals surface area contributed by atoms with Crippen molar-refractivity contribution in [3.63, 3.8) is 0 Å². The highest BCUT2D eigenvalue weighted by Gasteiger charge is 2.12. The number of nitrogens with zero attached hydrogens (tertiary/aromatic N) is 1. The van der Waals surface area contributed by atoms with Crippen molar-refractivity contribution in [2.45, 2.75) is 19.4 Å². The van der Waals surface area contributed by atoms with Crippen LogP contribution in [0.2, 0.25) is 5.02 Å². The molecule has 3 aromatic rings. The van der Waals surface area contributed by atoms with Gasteiger partial charge in [0.1, 0.15) is 0 Å². The molecule has 1 aromatic carbocycles. The lowest BCUT2D eigenvalue weighted by Crippen LogP contribution is -2.23. The number of hydrogen-bond acceptors (Lipinski definition) is 5. The van der Waals surface area contributed by atoms with Crippen molar-refractivity contribution < 1.29 is 14.0 Å². The molecule has 134 valence electrons. The second-order valence-electron chi connectivity index (χ2n) is 5.44. The molecule has 3 rings (SSSR count). The Morgan fingerprint density at radius 3 is 2.81 bits per heavy atom. The molecule has 2 heterocycles. The van der Waals surface area contributed by atoms with Crippen LogP contribution in [-0.4, -0.2) is 16.8 Å². The molecule has 6 nitrogen and oxygen atoms in total. The number of carbonyl (C=O) groups excluding carboxylic acids is 2. The fraction of sp³-hybridized carbons (Fsp3) is 0.167. The smallest absolute Gasteiger partial charge is 0.293 e. The Balaban J connectivity index is 1.45. The van der Waals surface area contributed by atoms with E-state index in [1.807, 2.05) is 23.6 Å². The van der Waals surface area contributed by atoms with E-state index in [4.69, 9.17) is 16.0 Å². The van der Waals surface area contributed by atoms with Crippen molar-refractivity contribution in [1.29, 1.82) is 0 Å². The van der Waals surface area contributed by atoms with Gasteiger partial charge in [-0.1, -0.05) is 29.8 Å². The number of benzene rings is 1. The highest BCUT2D eigenvalue weighted by molar-refractivity contribution is 7.13. The van der Waals surface area contributed by atoms with E-state index in [1.165, 1.54) is 17.6 Å². The van der Waals surface area contributed by atoms with Crippen LogP contribution in [-0.2, 0) is 17.8 Å². The Hall–Kier alpha value is -2.64. The van der Waals surface area contributed by atoms with E-state index >= 15 is 0 Å². The van der Waals surface area contributed by atoms with Crippen molar-refractivity contribution in [2.24, 2.45) is 0 Å². The number of hydrogen-bond donors (Lipinski definition) is 2. The van der Waals surface area contributed by atoms with Gasteiger partial charge < -0.3 is 9.73 Å². The molecule has 0 saturated heterocycles. The van der Waals surface area contributed by atoms with Gasteiger partial charge in [0.15, 0.2) is 10.9 Å². The molecule has 2 amide bonds. The van der Waals surface area contributed by atoms with E-state index < -0.39 is 0 Å². The number of halogens is 1. The van der Waals surface area contributed by atoms with Gasteiger partial charge in [0.2, 0.25) is 5.91 Å². The maximum atomic E-state index is 12.0. The molecule has 26 heavy (non-hydrogen) atoms. The first-order valence-corrected chi connectivity index (χ1v) is 9.17. The third kappa shape index (κ3) is 4.93. The molecule has 0 spiro atoms. The number of aromatic nitrogens is 1. The van der Waals surface area contributed by atoms with Crippen molar-refractivity contribution in [1.82, 2.24) is 10.3 Å². The molecule has 0 fully saturated rings. The van der Waals surface area contributed by atoms with Crippen LogP contribution in [0.25, 0.3) is 0 Å². The lowest BCUT2D eigenvalue weighted by Gasteiger charge is -2.06. The van der Waals surface area contributed by atoms with E-state index in [-0.39, 0.29) is 17.6 Å². The molecule has 8 heteroatoms. The van der Waals surface area contributed by atoms with Gasteiger partial charge in [0.25, 0.3) is 5.91 Å². The van der Waals surface area contributed by atoms with E-state index in [0.717, 1.165) is 11.3 Å². The standard InChI is InChI=1S/C18H16ClN3O3S/c19-14-5-2-1-4-12(14)10-20-16(23)8-7-13-11-26-18(21-13)22-17(24)15-6-3-9-25-15/h1-6,9,11H,7-8,10H2,(H,20,23)(H,21,22,24). The third-order valence-corrected chi connectivity index (χ3v) is 4.73. The van der Waals surface area contributed by atoms with Gasteiger partial charge in [0.05, 0.1) is 12.0 Å². The summed E-state index contributed by atoms with van der Waals surface area (Å²) >= 11 is 7.37. The summed E-state index contributed by atoms with van der Waals surface area (Å²) in [4.78, 5) is 28.2. The molecular formula is C18H16ClN3O3S. The van der Waals surface area contributed by atoms with Gasteiger partial charge in [0, 0.05) is 23.4 Å². The fourth-order valence-electron chi connectivity index (χ4n) is 2.21. The first-order chi connectivity index (χ1) is 12.6. The second-order valence-corrected chi connectivity index (χ2v) is 6.71. The van der Waals surface area contributed by atoms with Crippen LogP contribution < -0.4 is 10.6 Å². The summed E-state index contributed by atoms with van der Waals surface area (Å²) in [5, 5.41) is 8.42. The zero-order chi connectivity index (χ0) is 18.4. The first-order valence-electron chi connectivity index (χ1n) is 7.91. The van der Waals surface area contributed by atoms with E-state index in [0.29, 0.717) is 29.5 Å². The minimum absolute atomic E-state index is 0.0842. The number of nitrogens with one attached hydrogen (secondary N) is 2. The predicted octanol–water partition coefficient (Wildman–Crippen LogP) is 3.89. The Kier molecular flexibility index (Phi) is 6.04. The van der Waals surface area contributed by atoms with Crippen LogP contribution in [0.3, 0.4) is 0 Å². The normalized spacial score (nSPS) is 10.5. The van der Waals surface area contributed by atoms with Crippen LogP contribution in [0.15, 0.2) is 52.5 Å². The zero-order valence-corrected chi connectivity index (χ0v) is 15.3. The van der Waals surface area contributed by atoms with Gasteiger partial charge in [-0.2, -0.15) is 0 Å². The molecule has 2 N–H and O–H groups in total. The Morgan fingerprint density at radius 2 is 2.04 bits per heavy atom. The summed E-state index contributed by atoms with van der Waals surface area (Å²) in [7, 11) is 0. The molecule has 0 bridgehead atoms. The lowest BCUT2D eigenvalue weighted by molar-refractivity contribution is -0.121. The van der Waals surface area contributed by atoms with E-state index in [2.05, 4.69) is 15.6 Å². The minimum Gasteiger partial charge on any atom is -0.459 e. The second kappa shape index (κ2) is 8.64. The Bertz CT molecular complexity index is 893. The van der Waals surface area contributed by atoms with Crippen molar-refractivity contribution >= 4 is 39.9 Å². The number of carbonyl (C=O) groups is 2. The number of amides is 2. The maximum Gasteiger partial charge on any atom is 0.293 e. The van der Waals surface area contributed by atoms with E-state index in [9.17, 15) is 9.59 Å². The average molecular weight is 390 g/mol. The highest BCUT2D eigenvalue weighted by Crippen LogP contribution is 2.18. The molecule has 2 aromatic heterocycles. The predicted molar refractivity (Wildman–Crippen MR) is 100 cm³/mol. The maximum absolute atomic E-state index is 12.0. The SMILES string of the molecule is O=C(CCc1csc(NC(=O)c2ccco2)n1)NCc1ccccc1Cl. The summed E-state index contributed by atoms with van der Waals surface area (Å²) in [5.41, 5.74) is 1.62. The van der Waals surface area contributed by atoms with Crippen molar-refractivity contribution in [3.8, 4) is 0 Å². The van der Waals surface area contributed by atoms with Crippen LogP contribution in [0.5, 0.6) is 0 Å². The molecule has 0 atom stereocenters. The Labute approximate surface area is 159 Å². The molecular weight excluding hydrogens is 374 g/mol. The van der Waals surface area contributed by atoms with Crippen LogP contribution in [0.4, 0.5) is 5.13 Å². The number of rotatable bonds is 7. The summed E-state index contributed by atoms with van der Waals surface area (Å²) < 4.78 is 5.03. The number of thiazole rings is 1. The fourth-order valence-corrected chi connectivity index (χ4v) is 3.15. The summed E-state index contributed by atoms with van der Waals surface area (Å²) in [6, 6.07) is 10.6. The largest absolute Gasteiger partial charge is 0.459 e. The zero-order valence-electron chi connectivity index (χ0n) is 13.7. The highest BCUT2D eigenvalue weighted by atomic mass is 35.5. The number of aryl methyl sites for hydroxylation is 1. The molecule has 0 unspecified atom stereocenters. The number of furan rings is 1. The van der Waals surface area contributed by atoms with Crippen LogP contribution in [0, 0.1) is 0 Å². The van der Waals surface area contributed by atoms with Crippen LogP contribution in [0.1, 0.15) is 28.2 Å². The average Bonchev–Trinajstić information content (AvgIpc) is 3.31. The minimum atomic E-state index is -0.353. The Morgan fingerprint density at radius 1 is 1.19 bits per heavy atom.